The number of nitrogens with zero attached hydrogens (tertiary/aromatic N) is 1. The number of likely N-dealkylation sites (tertiary alicyclic amines) is 1. The molecule has 1 N–H and O–H groups in total. The van der Waals surface area contributed by atoms with Crippen LogP contribution >= 0.6 is 0 Å². The molecular formula is C17H23NO3. The molecule has 0 aliphatic carbocycles. The number of benzene rings is 1. The Morgan fingerprint density at radius 3 is 2.67 bits per heavy atom. The minimum absolute atomic E-state index is 0.0731. The summed E-state index contributed by atoms with van der Waals surface area (Å²) in [7, 11) is 0. The maximum absolute atomic E-state index is 12.2. The second-order valence-electron chi connectivity index (χ2n) is 5.82. The molecule has 0 aromatic heterocycles. The van der Waals surface area contributed by atoms with E-state index >= 15 is 0 Å². The Labute approximate surface area is 125 Å². The van der Waals surface area contributed by atoms with Gasteiger partial charge in [0.1, 0.15) is 0 Å². The Morgan fingerprint density at radius 1 is 1.29 bits per heavy atom. The zero-order valence-electron chi connectivity index (χ0n) is 12.5. The lowest BCUT2D eigenvalue weighted by molar-refractivity contribution is -0.139. The lowest BCUT2D eigenvalue weighted by Gasteiger charge is -2.23. The van der Waals surface area contributed by atoms with Gasteiger partial charge in [-0.05, 0) is 38.2 Å². The monoisotopic (exact) mass is 289 g/mol. The fourth-order valence-corrected chi connectivity index (χ4v) is 2.92. The molecule has 0 spiro atoms. The van der Waals surface area contributed by atoms with E-state index in [0.29, 0.717) is 13.0 Å². The molecule has 1 heterocycles. The summed E-state index contributed by atoms with van der Waals surface area (Å²) < 4.78 is 0. The molecule has 21 heavy (non-hydrogen) atoms. The molecule has 1 aliphatic rings. The van der Waals surface area contributed by atoms with E-state index in [1.165, 1.54) is 11.1 Å². The van der Waals surface area contributed by atoms with Crippen molar-refractivity contribution in [3.63, 3.8) is 0 Å². The molecule has 1 fully saturated rings. The summed E-state index contributed by atoms with van der Waals surface area (Å²) in [5.74, 6) is -0.717. The minimum atomic E-state index is -0.820. The fraction of sp³-hybridized carbons (Fsp3) is 0.529. The van der Waals surface area contributed by atoms with Crippen molar-refractivity contribution >= 4 is 11.9 Å². The molecule has 0 radical (unpaired) electrons. The summed E-state index contributed by atoms with van der Waals surface area (Å²) in [5.41, 5.74) is 2.49. The summed E-state index contributed by atoms with van der Waals surface area (Å²) in [6.45, 7) is 2.77. The summed E-state index contributed by atoms with van der Waals surface area (Å²) >= 11 is 0. The molecule has 1 atom stereocenters. The molecule has 1 unspecified atom stereocenters. The number of aryl methyl sites for hydroxylation is 2. The SMILES string of the molecule is Cc1ccc(CCCC(=O)N2CCCC2CC(=O)O)cc1. The smallest absolute Gasteiger partial charge is 0.305 e. The quantitative estimate of drug-likeness (QED) is 0.876. The molecule has 114 valence electrons. The van der Waals surface area contributed by atoms with Crippen molar-refractivity contribution in [1.82, 2.24) is 4.90 Å². The Kier molecular flexibility index (Phi) is 5.37. The van der Waals surface area contributed by atoms with Gasteiger partial charge in [-0.3, -0.25) is 9.59 Å². The normalized spacial score (nSPS) is 18.0. The van der Waals surface area contributed by atoms with Crippen LogP contribution in [0.4, 0.5) is 0 Å². The van der Waals surface area contributed by atoms with E-state index in [0.717, 1.165) is 25.7 Å². The second-order valence-corrected chi connectivity index (χ2v) is 5.82. The first-order valence-electron chi connectivity index (χ1n) is 7.63. The van der Waals surface area contributed by atoms with Crippen molar-refractivity contribution in [3.8, 4) is 0 Å². The average molecular weight is 289 g/mol. The third-order valence-electron chi connectivity index (χ3n) is 4.08. The van der Waals surface area contributed by atoms with Gasteiger partial charge < -0.3 is 10.0 Å². The van der Waals surface area contributed by atoms with Gasteiger partial charge in [-0.2, -0.15) is 0 Å². The van der Waals surface area contributed by atoms with Crippen LogP contribution in [0.1, 0.15) is 43.2 Å². The van der Waals surface area contributed by atoms with Crippen LogP contribution in [0.25, 0.3) is 0 Å². The van der Waals surface area contributed by atoms with Gasteiger partial charge >= 0.3 is 5.97 Å². The molecule has 1 saturated heterocycles. The van der Waals surface area contributed by atoms with Crippen molar-refractivity contribution in [3.05, 3.63) is 35.4 Å². The van der Waals surface area contributed by atoms with Gasteiger partial charge in [-0.15, -0.1) is 0 Å². The Morgan fingerprint density at radius 2 is 2.00 bits per heavy atom. The van der Waals surface area contributed by atoms with E-state index in [2.05, 4.69) is 31.2 Å². The van der Waals surface area contributed by atoms with Gasteiger partial charge in [0.2, 0.25) is 5.91 Å². The van der Waals surface area contributed by atoms with E-state index in [9.17, 15) is 9.59 Å². The highest BCUT2D eigenvalue weighted by Gasteiger charge is 2.29. The number of hydrogen-bond donors (Lipinski definition) is 1. The molecule has 1 amide bonds. The predicted molar refractivity (Wildman–Crippen MR) is 81.1 cm³/mol. The van der Waals surface area contributed by atoms with Crippen LogP contribution in [-0.2, 0) is 16.0 Å². The van der Waals surface area contributed by atoms with Gasteiger partial charge in [0.05, 0.1) is 6.42 Å². The zero-order chi connectivity index (χ0) is 15.2. The predicted octanol–water partition coefficient (Wildman–Crippen LogP) is 2.78. The topological polar surface area (TPSA) is 57.6 Å². The van der Waals surface area contributed by atoms with Crippen LogP contribution in [0.3, 0.4) is 0 Å². The number of carboxylic acids is 1. The highest BCUT2D eigenvalue weighted by molar-refractivity contribution is 5.78. The molecule has 0 bridgehead atoms. The number of amides is 1. The largest absolute Gasteiger partial charge is 0.481 e. The Hall–Kier alpha value is -1.84. The fourth-order valence-electron chi connectivity index (χ4n) is 2.92. The molecule has 2 rings (SSSR count). The first kappa shape index (κ1) is 15.5. The lowest BCUT2D eigenvalue weighted by Crippen LogP contribution is -2.36. The number of carbonyl (C=O) groups is 2. The van der Waals surface area contributed by atoms with E-state index in [4.69, 9.17) is 5.11 Å². The summed E-state index contributed by atoms with van der Waals surface area (Å²) in [5, 5.41) is 8.88. The molecule has 1 aliphatic heterocycles. The van der Waals surface area contributed by atoms with Gasteiger partial charge in [0, 0.05) is 19.0 Å². The molecule has 0 saturated carbocycles. The average Bonchev–Trinajstić information content (AvgIpc) is 2.88. The number of carbonyl (C=O) groups excluding carboxylic acids is 1. The first-order valence-corrected chi connectivity index (χ1v) is 7.63. The molecule has 1 aromatic rings. The second kappa shape index (κ2) is 7.25. The van der Waals surface area contributed by atoms with E-state index in [1.807, 2.05) is 0 Å². The Balaban J connectivity index is 1.78. The van der Waals surface area contributed by atoms with Crippen molar-refractivity contribution in [1.29, 1.82) is 0 Å². The molecular weight excluding hydrogens is 266 g/mol. The summed E-state index contributed by atoms with van der Waals surface area (Å²) in [4.78, 5) is 24.8. The van der Waals surface area contributed by atoms with Crippen LogP contribution in [0, 0.1) is 6.92 Å². The maximum Gasteiger partial charge on any atom is 0.305 e. The summed E-state index contributed by atoms with van der Waals surface area (Å²) in [6.07, 6.45) is 4.02. The van der Waals surface area contributed by atoms with Crippen molar-refractivity contribution in [2.24, 2.45) is 0 Å². The van der Waals surface area contributed by atoms with Gasteiger partial charge in [0.15, 0.2) is 0 Å². The molecule has 1 aromatic carbocycles. The van der Waals surface area contributed by atoms with Gasteiger partial charge in [-0.25, -0.2) is 0 Å². The van der Waals surface area contributed by atoms with E-state index in [-0.39, 0.29) is 18.4 Å². The van der Waals surface area contributed by atoms with E-state index < -0.39 is 5.97 Å². The van der Waals surface area contributed by atoms with Crippen molar-refractivity contribution < 1.29 is 14.7 Å². The third kappa shape index (κ3) is 4.59. The zero-order valence-corrected chi connectivity index (χ0v) is 12.5. The van der Waals surface area contributed by atoms with Crippen molar-refractivity contribution in [2.75, 3.05) is 6.54 Å². The van der Waals surface area contributed by atoms with Crippen LogP contribution in [0.15, 0.2) is 24.3 Å². The van der Waals surface area contributed by atoms with E-state index in [1.54, 1.807) is 4.90 Å². The van der Waals surface area contributed by atoms with Gasteiger partial charge in [-0.1, -0.05) is 29.8 Å². The van der Waals surface area contributed by atoms with Crippen LogP contribution in [0.2, 0.25) is 0 Å². The standard InChI is InChI=1S/C17H23NO3/c1-13-7-9-14(10-8-13)4-2-6-16(19)18-11-3-5-15(18)12-17(20)21/h7-10,15H,2-6,11-12H2,1H3,(H,20,21). The number of aliphatic carboxylic acids is 1. The summed E-state index contributed by atoms with van der Waals surface area (Å²) in [6, 6.07) is 8.27. The maximum atomic E-state index is 12.2. The Bertz CT molecular complexity index is 495. The molecule has 4 heteroatoms. The molecule has 4 nitrogen and oxygen atoms in total. The minimum Gasteiger partial charge on any atom is -0.481 e. The lowest BCUT2D eigenvalue weighted by atomic mass is 10.1. The number of rotatable bonds is 6. The third-order valence-corrected chi connectivity index (χ3v) is 4.08. The highest BCUT2D eigenvalue weighted by atomic mass is 16.4. The van der Waals surface area contributed by atoms with Crippen LogP contribution in [-0.4, -0.2) is 34.5 Å². The first-order chi connectivity index (χ1) is 10.1. The van der Waals surface area contributed by atoms with Crippen LogP contribution in [0.5, 0.6) is 0 Å². The number of hydrogen-bond acceptors (Lipinski definition) is 2. The number of carboxylic acid groups (broad SMARTS) is 1. The van der Waals surface area contributed by atoms with Gasteiger partial charge in [0.25, 0.3) is 0 Å². The van der Waals surface area contributed by atoms with Crippen LogP contribution < -0.4 is 0 Å². The van der Waals surface area contributed by atoms with Crippen molar-refractivity contribution in [2.45, 2.75) is 51.5 Å². The highest BCUT2D eigenvalue weighted by Crippen LogP contribution is 2.21.